The van der Waals surface area contributed by atoms with Gasteiger partial charge < -0.3 is 9.72 Å². The predicted molar refractivity (Wildman–Crippen MR) is 81.9 cm³/mol. The Bertz CT molecular complexity index is 780. The lowest BCUT2D eigenvalue weighted by Crippen LogP contribution is -2.18. The molecule has 1 aliphatic carbocycles. The van der Waals surface area contributed by atoms with Gasteiger partial charge in [0.15, 0.2) is 5.82 Å². The highest BCUT2D eigenvalue weighted by atomic mass is 35.5. The van der Waals surface area contributed by atoms with Crippen LogP contribution in [0.3, 0.4) is 0 Å². The maximum atomic E-state index is 6.13. The SMILES string of the molecule is Cc1nn(-c2nc3ccccn3c2CNC2CC2)cc1Cl. The molecule has 0 aliphatic heterocycles. The van der Waals surface area contributed by atoms with Gasteiger partial charge in [0.05, 0.1) is 22.6 Å². The fraction of sp³-hybridized carbons (Fsp3) is 0.333. The number of hydrogen-bond acceptors (Lipinski definition) is 3. The maximum absolute atomic E-state index is 6.13. The molecule has 0 amide bonds. The fourth-order valence-corrected chi connectivity index (χ4v) is 2.59. The second-order valence-corrected chi connectivity index (χ2v) is 5.88. The van der Waals surface area contributed by atoms with Crippen molar-refractivity contribution in [1.82, 2.24) is 24.5 Å². The first-order valence-electron chi connectivity index (χ1n) is 7.14. The molecule has 108 valence electrons. The number of hydrogen-bond donors (Lipinski definition) is 1. The second kappa shape index (κ2) is 4.86. The molecule has 0 spiro atoms. The molecule has 0 bridgehead atoms. The summed E-state index contributed by atoms with van der Waals surface area (Å²) in [6.07, 6.45) is 6.38. The van der Waals surface area contributed by atoms with Crippen molar-refractivity contribution >= 4 is 17.2 Å². The van der Waals surface area contributed by atoms with Gasteiger partial charge >= 0.3 is 0 Å². The molecule has 0 aromatic carbocycles. The summed E-state index contributed by atoms with van der Waals surface area (Å²) in [5.74, 6) is 0.837. The van der Waals surface area contributed by atoms with Crippen LogP contribution in [-0.2, 0) is 6.54 Å². The molecule has 6 heteroatoms. The minimum Gasteiger partial charge on any atom is -0.308 e. The molecule has 4 rings (SSSR count). The molecular formula is C15H16ClN5. The summed E-state index contributed by atoms with van der Waals surface area (Å²) in [7, 11) is 0. The first kappa shape index (κ1) is 12.9. The van der Waals surface area contributed by atoms with Gasteiger partial charge in [-0.3, -0.25) is 0 Å². The van der Waals surface area contributed by atoms with Crippen LogP contribution in [0.15, 0.2) is 30.6 Å². The summed E-state index contributed by atoms with van der Waals surface area (Å²) < 4.78 is 3.88. The Morgan fingerprint density at radius 3 is 2.95 bits per heavy atom. The van der Waals surface area contributed by atoms with Crippen LogP contribution >= 0.6 is 11.6 Å². The Morgan fingerprint density at radius 2 is 2.24 bits per heavy atom. The third-order valence-corrected chi connectivity index (χ3v) is 4.17. The average Bonchev–Trinajstić information content (AvgIpc) is 3.15. The monoisotopic (exact) mass is 301 g/mol. The summed E-state index contributed by atoms with van der Waals surface area (Å²) in [5.41, 5.74) is 2.84. The zero-order valence-corrected chi connectivity index (χ0v) is 12.5. The lowest BCUT2D eigenvalue weighted by atomic mass is 10.4. The Morgan fingerprint density at radius 1 is 1.38 bits per heavy atom. The molecular weight excluding hydrogens is 286 g/mol. The van der Waals surface area contributed by atoms with E-state index in [1.165, 1.54) is 12.8 Å². The Hall–Kier alpha value is -1.85. The zero-order valence-electron chi connectivity index (χ0n) is 11.8. The van der Waals surface area contributed by atoms with Crippen LogP contribution < -0.4 is 5.32 Å². The van der Waals surface area contributed by atoms with Gasteiger partial charge in [-0.25, -0.2) is 9.67 Å². The smallest absolute Gasteiger partial charge is 0.176 e. The van der Waals surface area contributed by atoms with Gasteiger partial charge in [-0.05, 0) is 31.9 Å². The minimum atomic E-state index is 0.648. The molecule has 1 aliphatic rings. The lowest BCUT2D eigenvalue weighted by Gasteiger charge is -2.06. The Kier molecular flexibility index (Phi) is 2.97. The van der Waals surface area contributed by atoms with Gasteiger partial charge in [-0.1, -0.05) is 17.7 Å². The van der Waals surface area contributed by atoms with Gasteiger partial charge in [-0.15, -0.1) is 0 Å². The predicted octanol–water partition coefficient (Wildman–Crippen LogP) is 2.73. The molecule has 0 unspecified atom stereocenters. The number of imidazole rings is 1. The minimum absolute atomic E-state index is 0.648. The molecule has 0 radical (unpaired) electrons. The van der Waals surface area contributed by atoms with Crippen molar-refractivity contribution in [1.29, 1.82) is 0 Å². The van der Waals surface area contributed by atoms with Crippen LogP contribution in [0.5, 0.6) is 0 Å². The van der Waals surface area contributed by atoms with E-state index >= 15 is 0 Å². The number of nitrogens with one attached hydrogen (secondary N) is 1. The molecule has 5 nitrogen and oxygen atoms in total. The topological polar surface area (TPSA) is 47.2 Å². The summed E-state index contributed by atoms with van der Waals surface area (Å²) in [5, 5.41) is 8.67. The molecule has 3 aromatic heterocycles. The molecule has 3 aromatic rings. The van der Waals surface area contributed by atoms with Gasteiger partial charge in [0.2, 0.25) is 0 Å². The number of aryl methyl sites for hydroxylation is 1. The van der Waals surface area contributed by atoms with Crippen molar-refractivity contribution in [2.24, 2.45) is 0 Å². The molecule has 21 heavy (non-hydrogen) atoms. The fourth-order valence-electron chi connectivity index (χ4n) is 2.46. The third kappa shape index (κ3) is 2.32. The van der Waals surface area contributed by atoms with Crippen molar-refractivity contribution < 1.29 is 0 Å². The molecule has 1 fully saturated rings. The summed E-state index contributed by atoms with van der Waals surface area (Å²) >= 11 is 6.13. The Balaban J connectivity index is 1.83. The van der Waals surface area contributed by atoms with Crippen LogP contribution in [0, 0.1) is 6.92 Å². The number of fused-ring (bicyclic) bond motifs is 1. The largest absolute Gasteiger partial charge is 0.308 e. The highest BCUT2D eigenvalue weighted by Crippen LogP contribution is 2.23. The van der Waals surface area contributed by atoms with E-state index < -0.39 is 0 Å². The van der Waals surface area contributed by atoms with Crippen LogP contribution in [0.1, 0.15) is 24.2 Å². The van der Waals surface area contributed by atoms with E-state index in [-0.39, 0.29) is 0 Å². The van der Waals surface area contributed by atoms with Crippen LogP contribution in [0.25, 0.3) is 11.5 Å². The van der Waals surface area contributed by atoms with Gasteiger partial charge in [-0.2, -0.15) is 5.10 Å². The van der Waals surface area contributed by atoms with Crippen molar-refractivity contribution in [3.63, 3.8) is 0 Å². The van der Waals surface area contributed by atoms with E-state index in [9.17, 15) is 0 Å². The first-order chi connectivity index (χ1) is 10.2. The average molecular weight is 302 g/mol. The van der Waals surface area contributed by atoms with E-state index in [2.05, 4.69) is 14.8 Å². The molecule has 1 saturated carbocycles. The summed E-state index contributed by atoms with van der Waals surface area (Å²) in [6, 6.07) is 6.66. The van der Waals surface area contributed by atoms with E-state index in [4.69, 9.17) is 16.6 Å². The number of nitrogens with zero attached hydrogens (tertiary/aromatic N) is 4. The second-order valence-electron chi connectivity index (χ2n) is 5.47. The van der Waals surface area contributed by atoms with Crippen LogP contribution in [0.4, 0.5) is 0 Å². The molecule has 0 atom stereocenters. The highest BCUT2D eigenvalue weighted by molar-refractivity contribution is 6.31. The third-order valence-electron chi connectivity index (χ3n) is 3.80. The van der Waals surface area contributed by atoms with Crippen molar-refractivity contribution in [3.05, 3.63) is 47.0 Å². The number of pyridine rings is 1. The number of halogens is 1. The van der Waals surface area contributed by atoms with Crippen LogP contribution in [-0.4, -0.2) is 25.2 Å². The van der Waals surface area contributed by atoms with Crippen molar-refractivity contribution in [2.75, 3.05) is 0 Å². The lowest BCUT2D eigenvalue weighted by molar-refractivity contribution is 0.662. The molecule has 3 heterocycles. The zero-order chi connectivity index (χ0) is 14.4. The maximum Gasteiger partial charge on any atom is 0.176 e. The van der Waals surface area contributed by atoms with E-state index in [1.54, 1.807) is 4.68 Å². The van der Waals surface area contributed by atoms with E-state index in [0.29, 0.717) is 11.1 Å². The number of aromatic nitrogens is 4. The molecule has 1 N–H and O–H groups in total. The normalized spacial score (nSPS) is 15.0. The van der Waals surface area contributed by atoms with Gasteiger partial charge in [0.1, 0.15) is 5.65 Å². The first-order valence-corrected chi connectivity index (χ1v) is 7.51. The summed E-state index contributed by atoms with van der Waals surface area (Å²) in [4.78, 5) is 4.70. The standard InChI is InChI=1S/C15H16ClN5/c1-10-12(16)9-21(19-10)15-13(8-17-11-5-6-11)20-7-3-2-4-14(20)18-15/h2-4,7,9,11,17H,5-6,8H2,1H3. The van der Waals surface area contributed by atoms with Crippen LogP contribution in [0.2, 0.25) is 5.02 Å². The summed E-state index contributed by atoms with van der Waals surface area (Å²) in [6.45, 7) is 2.68. The highest BCUT2D eigenvalue weighted by Gasteiger charge is 2.22. The van der Waals surface area contributed by atoms with Crippen molar-refractivity contribution in [2.45, 2.75) is 32.4 Å². The number of rotatable bonds is 4. The van der Waals surface area contributed by atoms with E-state index in [1.807, 2.05) is 37.5 Å². The Labute approximate surface area is 127 Å². The van der Waals surface area contributed by atoms with Gasteiger partial charge in [0, 0.05) is 18.8 Å². The quantitative estimate of drug-likeness (QED) is 0.806. The van der Waals surface area contributed by atoms with Crippen molar-refractivity contribution in [3.8, 4) is 5.82 Å². The van der Waals surface area contributed by atoms with E-state index in [0.717, 1.165) is 29.4 Å². The molecule has 0 saturated heterocycles. The van der Waals surface area contributed by atoms with Gasteiger partial charge in [0.25, 0.3) is 0 Å².